The number of nitro benzene ring substituents is 1. The molecule has 0 saturated carbocycles. The number of ether oxygens (including phenoxy) is 1. The minimum atomic E-state index is -0.415. The van der Waals surface area contributed by atoms with Gasteiger partial charge in [0.05, 0.1) is 11.1 Å². The van der Waals surface area contributed by atoms with Crippen molar-refractivity contribution >= 4 is 39.6 Å². The van der Waals surface area contributed by atoms with Crippen LogP contribution in [0.1, 0.15) is 11.1 Å². The number of non-ortho nitro benzene ring substituents is 1. The van der Waals surface area contributed by atoms with Gasteiger partial charge in [-0.25, -0.2) is 5.43 Å². The van der Waals surface area contributed by atoms with E-state index in [0.29, 0.717) is 17.8 Å². The second-order valence-electron chi connectivity index (χ2n) is 8.07. The van der Waals surface area contributed by atoms with Crippen molar-refractivity contribution in [1.29, 1.82) is 0 Å². The number of nitrogens with one attached hydrogen (secondary N) is 1. The van der Waals surface area contributed by atoms with Gasteiger partial charge in [0, 0.05) is 52.9 Å². The van der Waals surface area contributed by atoms with Crippen LogP contribution < -0.4 is 10.2 Å². The number of para-hydroxylation sites is 2. The van der Waals surface area contributed by atoms with E-state index in [0.717, 1.165) is 27.4 Å². The highest BCUT2D eigenvalue weighted by Gasteiger charge is 2.10. The molecule has 1 N–H and O–H groups in total. The van der Waals surface area contributed by atoms with Crippen molar-refractivity contribution in [3.05, 3.63) is 112 Å². The average molecular weight is 479 g/mol. The van der Waals surface area contributed by atoms with Crippen LogP contribution >= 0.6 is 0 Å². The Morgan fingerprint density at radius 2 is 1.86 bits per heavy atom. The highest BCUT2D eigenvalue weighted by Crippen LogP contribution is 2.23. The van der Waals surface area contributed by atoms with Crippen molar-refractivity contribution in [2.45, 2.75) is 6.54 Å². The zero-order valence-electron chi connectivity index (χ0n) is 19.1. The molecule has 0 aliphatic carbocycles. The Kier molecular flexibility index (Phi) is 6.35. The van der Waals surface area contributed by atoms with Gasteiger partial charge in [-0.2, -0.15) is 5.10 Å². The Hall–Kier alpha value is -5.05. The SMILES string of the molecule is O=C(COc1cccc2cccnc12)N/N=C/c1cn(Cc2ccc([N+](=O)[O-])cc2)c2ccccc12. The largest absolute Gasteiger partial charge is 0.481 e. The fourth-order valence-corrected chi connectivity index (χ4v) is 3.97. The second kappa shape index (κ2) is 10.1. The molecule has 36 heavy (non-hydrogen) atoms. The number of pyridine rings is 1. The van der Waals surface area contributed by atoms with Crippen LogP contribution in [-0.2, 0) is 11.3 Å². The molecule has 5 aromatic rings. The monoisotopic (exact) mass is 479 g/mol. The van der Waals surface area contributed by atoms with Crippen LogP contribution in [0.4, 0.5) is 5.69 Å². The number of fused-ring (bicyclic) bond motifs is 2. The van der Waals surface area contributed by atoms with Crippen molar-refractivity contribution in [2.75, 3.05) is 6.61 Å². The second-order valence-corrected chi connectivity index (χ2v) is 8.07. The number of carbonyl (C=O) groups excluding carboxylic acids is 1. The molecule has 0 saturated heterocycles. The zero-order valence-corrected chi connectivity index (χ0v) is 19.1. The topological polar surface area (TPSA) is 112 Å². The Morgan fingerprint density at radius 1 is 1.06 bits per heavy atom. The first-order chi connectivity index (χ1) is 17.6. The fraction of sp³-hybridized carbons (Fsp3) is 0.0741. The lowest BCUT2D eigenvalue weighted by molar-refractivity contribution is -0.384. The number of hydrazone groups is 1. The van der Waals surface area contributed by atoms with Crippen LogP contribution in [0, 0.1) is 10.1 Å². The van der Waals surface area contributed by atoms with E-state index in [1.165, 1.54) is 12.1 Å². The predicted molar refractivity (Wildman–Crippen MR) is 137 cm³/mol. The van der Waals surface area contributed by atoms with Crippen molar-refractivity contribution in [3.63, 3.8) is 0 Å². The standard InChI is InChI=1S/C27H21N5O4/c33-26(18-36-25-9-3-5-20-6-4-14-28-27(20)25)30-29-15-21-17-31(24-8-2-1-7-23(21)24)16-19-10-12-22(13-11-19)32(34)35/h1-15,17H,16,18H2,(H,30,33)/b29-15+. The molecule has 0 aliphatic heterocycles. The summed E-state index contributed by atoms with van der Waals surface area (Å²) in [6.45, 7) is 0.334. The van der Waals surface area contributed by atoms with E-state index in [1.807, 2.05) is 59.3 Å². The van der Waals surface area contributed by atoms with Crippen molar-refractivity contribution in [1.82, 2.24) is 15.0 Å². The third kappa shape index (κ3) is 4.90. The third-order valence-corrected chi connectivity index (χ3v) is 5.67. The Balaban J connectivity index is 1.26. The van der Waals surface area contributed by atoms with Crippen LogP contribution in [0.3, 0.4) is 0 Å². The van der Waals surface area contributed by atoms with Crippen LogP contribution in [-0.4, -0.2) is 33.2 Å². The number of amides is 1. The number of nitro groups is 1. The summed E-state index contributed by atoms with van der Waals surface area (Å²) in [5.74, 6) is 0.135. The molecule has 0 radical (unpaired) electrons. The van der Waals surface area contributed by atoms with E-state index in [-0.39, 0.29) is 12.3 Å². The highest BCUT2D eigenvalue weighted by molar-refractivity contribution is 5.99. The summed E-state index contributed by atoms with van der Waals surface area (Å²) >= 11 is 0. The highest BCUT2D eigenvalue weighted by atomic mass is 16.6. The maximum absolute atomic E-state index is 12.3. The van der Waals surface area contributed by atoms with Gasteiger partial charge in [0.25, 0.3) is 11.6 Å². The number of carbonyl (C=O) groups is 1. The first-order valence-electron chi connectivity index (χ1n) is 11.2. The first-order valence-corrected chi connectivity index (χ1v) is 11.2. The van der Waals surface area contributed by atoms with Gasteiger partial charge in [-0.05, 0) is 23.8 Å². The molecule has 0 bridgehead atoms. The molecular weight excluding hydrogens is 458 g/mol. The smallest absolute Gasteiger partial charge is 0.277 e. The summed E-state index contributed by atoms with van der Waals surface area (Å²) in [4.78, 5) is 27.1. The molecule has 0 aliphatic rings. The van der Waals surface area contributed by atoms with E-state index >= 15 is 0 Å². The van der Waals surface area contributed by atoms with Gasteiger partial charge in [0.1, 0.15) is 11.3 Å². The lowest BCUT2D eigenvalue weighted by Crippen LogP contribution is -2.24. The van der Waals surface area contributed by atoms with E-state index in [1.54, 1.807) is 30.6 Å². The normalized spacial score (nSPS) is 11.2. The Bertz CT molecular complexity index is 1590. The van der Waals surface area contributed by atoms with Gasteiger partial charge in [-0.1, -0.05) is 48.5 Å². The van der Waals surface area contributed by atoms with Crippen LogP contribution in [0.5, 0.6) is 5.75 Å². The summed E-state index contributed by atoms with van der Waals surface area (Å²) in [5, 5.41) is 16.9. The van der Waals surface area contributed by atoms with E-state index in [2.05, 4.69) is 15.5 Å². The van der Waals surface area contributed by atoms with Gasteiger partial charge in [0.15, 0.2) is 6.61 Å². The van der Waals surface area contributed by atoms with E-state index < -0.39 is 10.8 Å². The fourth-order valence-electron chi connectivity index (χ4n) is 3.97. The molecule has 0 atom stereocenters. The maximum Gasteiger partial charge on any atom is 0.277 e. The minimum Gasteiger partial charge on any atom is -0.481 e. The van der Waals surface area contributed by atoms with Gasteiger partial charge in [-0.3, -0.25) is 19.9 Å². The molecule has 5 rings (SSSR count). The predicted octanol–water partition coefficient (Wildman–Crippen LogP) is 4.68. The molecule has 1 amide bonds. The Labute approximate surface area is 205 Å². The van der Waals surface area contributed by atoms with E-state index in [4.69, 9.17) is 4.74 Å². The number of aromatic nitrogens is 2. The zero-order chi connectivity index (χ0) is 24.9. The molecule has 0 spiro atoms. The van der Waals surface area contributed by atoms with Gasteiger partial charge in [-0.15, -0.1) is 0 Å². The summed E-state index contributed by atoms with van der Waals surface area (Å²) in [6.07, 6.45) is 5.20. The third-order valence-electron chi connectivity index (χ3n) is 5.67. The van der Waals surface area contributed by atoms with Gasteiger partial charge < -0.3 is 9.30 Å². The quantitative estimate of drug-likeness (QED) is 0.197. The lowest BCUT2D eigenvalue weighted by Gasteiger charge is -2.07. The summed E-state index contributed by atoms with van der Waals surface area (Å²) < 4.78 is 7.69. The summed E-state index contributed by atoms with van der Waals surface area (Å²) in [5.41, 5.74) is 5.99. The molecule has 9 nitrogen and oxygen atoms in total. The van der Waals surface area contributed by atoms with Crippen LogP contribution in [0.15, 0.2) is 96.4 Å². The Morgan fingerprint density at radius 3 is 2.69 bits per heavy atom. The molecule has 0 fully saturated rings. The lowest BCUT2D eigenvalue weighted by atomic mass is 10.2. The van der Waals surface area contributed by atoms with E-state index in [9.17, 15) is 14.9 Å². The summed E-state index contributed by atoms with van der Waals surface area (Å²) in [7, 11) is 0. The molecule has 2 heterocycles. The first kappa shape index (κ1) is 22.7. The number of rotatable bonds is 8. The summed E-state index contributed by atoms with van der Waals surface area (Å²) in [6, 6.07) is 23.6. The number of hydrogen-bond acceptors (Lipinski definition) is 6. The molecule has 178 valence electrons. The number of hydrogen-bond donors (Lipinski definition) is 1. The molecular formula is C27H21N5O4. The molecule has 2 aromatic heterocycles. The number of nitrogens with zero attached hydrogens (tertiary/aromatic N) is 4. The van der Waals surface area contributed by atoms with Crippen molar-refractivity contribution < 1.29 is 14.5 Å². The van der Waals surface area contributed by atoms with Crippen LogP contribution in [0.2, 0.25) is 0 Å². The maximum atomic E-state index is 12.3. The average Bonchev–Trinajstić information content (AvgIpc) is 3.25. The van der Waals surface area contributed by atoms with Gasteiger partial charge in [0.2, 0.25) is 0 Å². The van der Waals surface area contributed by atoms with Crippen molar-refractivity contribution in [3.8, 4) is 5.75 Å². The van der Waals surface area contributed by atoms with Gasteiger partial charge >= 0.3 is 0 Å². The molecule has 3 aromatic carbocycles. The van der Waals surface area contributed by atoms with Crippen LogP contribution in [0.25, 0.3) is 21.8 Å². The minimum absolute atomic E-state index is 0.0559. The number of benzene rings is 3. The van der Waals surface area contributed by atoms with Crippen molar-refractivity contribution in [2.24, 2.45) is 5.10 Å². The molecule has 0 unspecified atom stereocenters. The molecule has 9 heteroatoms.